The second-order valence-corrected chi connectivity index (χ2v) is 10.9. The van der Waals surface area contributed by atoms with Crippen molar-refractivity contribution in [1.82, 2.24) is 9.80 Å². The first kappa shape index (κ1) is 25.6. The molecule has 3 aromatic carbocycles. The van der Waals surface area contributed by atoms with E-state index in [1.807, 2.05) is 18.2 Å². The lowest BCUT2D eigenvalue weighted by Gasteiger charge is -2.40. The molecular formula is C30H38ClN3O. The monoisotopic (exact) mass is 491 g/mol. The van der Waals surface area contributed by atoms with Gasteiger partial charge in [-0.25, -0.2) is 0 Å². The van der Waals surface area contributed by atoms with Crippen molar-refractivity contribution in [3.63, 3.8) is 0 Å². The number of hydrogen-bond acceptors (Lipinski definition) is 4. The number of benzene rings is 3. The Labute approximate surface area is 215 Å². The van der Waals surface area contributed by atoms with Crippen LogP contribution in [-0.2, 0) is 5.41 Å². The smallest absolute Gasteiger partial charge is 0.138 e. The van der Waals surface area contributed by atoms with Gasteiger partial charge in [-0.15, -0.1) is 0 Å². The number of halogens is 1. The lowest BCUT2D eigenvalue weighted by molar-refractivity contribution is 0.109. The molecule has 0 aromatic heterocycles. The molecule has 35 heavy (non-hydrogen) atoms. The topological polar surface area (TPSA) is 38.7 Å². The van der Waals surface area contributed by atoms with Crippen molar-refractivity contribution in [2.45, 2.75) is 38.6 Å². The van der Waals surface area contributed by atoms with Gasteiger partial charge in [-0.3, -0.25) is 4.90 Å². The lowest BCUT2D eigenvalue weighted by atomic mass is 9.87. The van der Waals surface area contributed by atoms with Crippen molar-refractivity contribution in [2.24, 2.45) is 0 Å². The maximum absolute atomic E-state index is 10.2. The summed E-state index contributed by atoms with van der Waals surface area (Å²) in [6, 6.07) is 25.2. The van der Waals surface area contributed by atoms with E-state index in [1.54, 1.807) is 6.07 Å². The molecule has 1 fully saturated rings. The van der Waals surface area contributed by atoms with Crippen molar-refractivity contribution < 1.29 is 5.11 Å². The van der Waals surface area contributed by atoms with Crippen LogP contribution in [0.3, 0.4) is 0 Å². The van der Waals surface area contributed by atoms with Gasteiger partial charge >= 0.3 is 0 Å². The van der Waals surface area contributed by atoms with Gasteiger partial charge in [0.2, 0.25) is 0 Å². The summed E-state index contributed by atoms with van der Waals surface area (Å²) in [7, 11) is 0. The number of aromatic hydroxyl groups is 1. The SMILES string of the molecule is CC(C)(C)c1ccc(O)c(NCCCN2CCN(C(c3ccccc3)c3ccc(Cl)cc3)CC2)c1. The molecule has 1 saturated heterocycles. The Hall–Kier alpha value is -2.53. The molecule has 1 aliphatic rings. The minimum atomic E-state index is 0.0629. The average molecular weight is 492 g/mol. The van der Waals surface area contributed by atoms with Gasteiger partial charge in [0.15, 0.2) is 0 Å². The number of phenols is 1. The van der Waals surface area contributed by atoms with E-state index in [1.165, 1.54) is 16.7 Å². The molecule has 5 heteroatoms. The fourth-order valence-corrected chi connectivity index (χ4v) is 4.94. The molecular weight excluding hydrogens is 454 g/mol. The second kappa shape index (κ2) is 11.5. The minimum absolute atomic E-state index is 0.0629. The van der Waals surface area contributed by atoms with Crippen LogP contribution in [0.15, 0.2) is 72.8 Å². The van der Waals surface area contributed by atoms with E-state index in [0.29, 0.717) is 5.75 Å². The molecule has 4 rings (SSSR count). The zero-order valence-corrected chi connectivity index (χ0v) is 21.9. The lowest BCUT2D eigenvalue weighted by Crippen LogP contribution is -2.48. The summed E-state index contributed by atoms with van der Waals surface area (Å²) in [5.74, 6) is 0.320. The molecule has 0 saturated carbocycles. The number of nitrogens with one attached hydrogen (secondary N) is 1. The third-order valence-electron chi connectivity index (χ3n) is 6.90. The zero-order chi connectivity index (χ0) is 24.8. The number of phenolic OH excluding ortho intramolecular Hbond substituents is 1. The molecule has 3 aromatic rings. The number of anilines is 1. The predicted molar refractivity (Wildman–Crippen MR) is 148 cm³/mol. The maximum atomic E-state index is 10.2. The number of nitrogens with zero attached hydrogens (tertiary/aromatic N) is 2. The molecule has 0 radical (unpaired) electrons. The molecule has 1 aliphatic heterocycles. The fourth-order valence-electron chi connectivity index (χ4n) is 4.81. The molecule has 4 nitrogen and oxygen atoms in total. The van der Waals surface area contributed by atoms with Gasteiger partial charge in [0, 0.05) is 37.7 Å². The Kier molecular flexibility index (Phi) is 8.38. The van der Waals surface area contributed by atoms with Crippen molar-refractivity contribution in [3.8, 4) is 5.75 Å². The van der Waals surface area contributed by atoms with Crippen LogP contribution in [0.25, 0.3) is 0 Å². The number of piperazine rings is 1. The quantitative estimate of drug-likeness (QED) is 0.277. The molecule has 0 aliphatic carbocycles. The van der Waals surface area contributed by atoms with Gasteiger partial charge in [0.05, 0.1) is 11.7 Å². The first-order chi connectivity index (χ1) is 16.8. The third kappa shape index (κ3) is 6.78. The Balaban J connectivity index is 1.30. The minimum Gasteiger partial charge on any atom is -0.506 e. The highest BCUT2D eigenvalue weighted by atomic mass is 35.5. The van der Waals surface area contributed by atoms with Crippen LogP contribution in [0.4, 0.5) is 5.69 Å². The highest BCUT2D eigenvalue weighted by Crippen LogP contribution is 2.32. The summed E-state index contributed by atoms with van der Waals surface area (Å²) in [6.45, 7) is 12.7. The molecule has 0 amide bonds. The first-order valence-corrected chi connectivity index (χ1v) is 13.0. The molecule has 2 N–H and O–H groups in total. The van der Waals surface area contributed by atoms with Crippen LogP contribution < -0.4 is 5.32 Å². The Morgan fingerprint density at radius 3 is 2.20 bits per heavy atom. The molecule has 186 valence electrons. The van der Waals surface area contributed by atoms with Gasteiger partial charge < -0.3 is 15.3 Å². The van der Waals surface area contributed by atoms with Crippen LogP contribution in [-0.4, -0.2) is 54.2 Å². The highest BCUT2D eigenvalue weighted by Gasteiger charge is 2.26. The molecule has 1 heterocycles. The van der Waals surface area contributed by atoms with Crippen LogP contribution in [0.5, 0.6) is 5.75 Å². The average Bonchev–Trinajstić information content (AvgIpc) is 2.85. The van der Waals surface area contributed by atoms with Crippen LogP contribution in [0.2, 0.25) is 5.02 Å². The summed E-state index contributed by atoms with van der Waals surface area (Å²) >= 11 is 6.16. The van der Waals surface area contributed by atoms with Crippen molar-refractivity contribution in [2.75, 3.05) is 44.6 Å². The van der Waals surface area contributed by atoms with E-state index in [0.717, 1.165) is 56.4 Å². The highest BCUT2D eigenvalue weighted by molar-refractivity contribution is 6.30. The van der Waals surface area contributed by atoms with E-state index in [4.69, 9.17) is 11.6 Å². The molecule has 1 atom stereocenters. The van der Waals surface area contributed by atoms with Gasteiger partial charge in [-0.1, -0.05) is 80.9 Å². The predicted octanol–water partition coefficient (Wildman–Crippen LogP) is 6.55. The fraction of sp³-hybridized carbons (Fsp3) is 0.400. The third-order valence-corrected chi connectivity index (χ3v) is 7.15. The maximum Gasteiger partial charge on any atom is 0.138 e. The number of hydrogen-bond donors (Lipinski definition) is 2. The van der Waals surface area contributed by atoms with Crippen LogP contribution in [0, 0.1) is 0 Å². The van der Waals surface area contributed by atoms with E-state index < -0.39 is 0 Å². The van der Waals surface area contributed by atoms with Crippen LogP contribution in [0.1, 0.15) is 49.9 Å². The second-order valence-electron chi connectivity index (χ2n) is 10.5. The van der Waals surface area contributed by atoms with Gasteiger partial charge in [-0.05, 0) is 59.3 Å². The van der Waals surface area contributed by atoms with Crippen molar-refractivity contribution >= 4 is 17.3 Å². The summed E-state index contributed by atoms with van der Waals surface area (Å²) in [6.07, 6.45) is 1.04. The van der Waals surface area contributed by atoms with Crippen LogP contribution >= 0.6 is 11.6 Å². The Morgan fingerprint density at radius 1 is 0.886 bits per heavy atom. The van der Waals surface area contributed by atoms with Crippen molar-refractivity contribution in [3.05, 3.63) is 94.5 Å². The van der Waals surface area contributed by atoms with Gasteiger partial charge in [-0.2, -0.15) is 0 Å². The van der Waals surface area contributed by atoms with Crippen molar-refractivity contribution in [1.29, 1.82) is 0 Å². The Bertz CT molecular complexity index is 1070. The summed E-state index contributed by atoms with van der Waals surface area (Å²) < 4.78 is 0. The largest absolute Gasteiger partial charge is 0.506 e. The van der Waals surface area contributed by atoms with E-state index in [9.17, 15) is 5.11 Å². The van der Waals surface area contributed by atoms with E-state index in [-0.39, 0.29) is 11.5 Å². The summed E-state index contributed by atoms with van der Waals surface area (Å²) in [5, 5.41) is 14.5. The normalized spacial score (nSPS) is 16.2. The summed E-state index contributed by atoms with van der Waals surface area (Å²) in [4.78, 5) is 5.14. The molecule has 0 spiro atoms. The zero-order valence-electron chi connectivity index (χ0n) is 21.2. The van der Waals surface area contributed by atoms with E-state index >= 15 is 0 Å². The first-order valence-electron chi connectivity index (χ1n) is 12.7. The molecule has 1 unspecified atom stereocenters. The van der Waals surface area contributed by atoms with Gasteiger partial charge in [0.25, 0.3) is 0 Å². The Morgan fingerprint density at radius 2 is 1.54 bits per heavy atom. The molecule has 0 bridgehead atoms. The standard InChI is InChI=1S/C30H38ClN3O/c1-30(2,3)25-12-15-28(35)27(22-25)32-16-7-17-33-18-20-34(21-19-33)29(23-8-5-4-6-9-23)24-10-13-26(31)14-11-24/h4-6,8-15,22,29,32,35H,7,16-21H2,1-3H3. The number of rotatable bonds is 8. The van der Waals surface area contributed by atoms with Gasteiger partial charge in [0.1, 0.15) is 5.75 Å². The van der Waals surface area contributed by atoms with E-state index in [2.05, 4.69) is 84.4 Å². The summed E-state index contributed by atoms with van der Waals surface area (Å²) in [5.41, 5.74) is 4.73.